The lowest BCUT2D eigenvalue weighted by Gasteiger charge is -2.31. The third-order valence-corrected chi connectivity index (χ3v) is 10.4. The van der Waals surface area contributed by atoms with Crippen molar-refractivity contribution in [1.82, 2.24) is 4.57 Å². The number of carbonyl (C=O) groups is 3. The fourth-order valence-corrected chi connectivity index (χ4v) is 8.48. The van der Waals surface area contributed by atoms with Crippen LogP contribution in [0.3, 0.4) is 0 Å². The highest BCUT2D eigenvalue weighted by Crippen LogP contribution is 2.54. The van der Waals surface area contributed by atoms with Crippen molar-refractivity contribution in [2.45, 2.75) is 55.8 Å². The molecule has 9 heteroatoms. The van der Waals surface area contributed by atoms with Gasteiger partial charge >= 0.3 is 4.87 Å². The maximum atomic E-state index is 14.0. The molecule has 0 saturated carbocycles. The molecule has 0 spiro atoms. The number of thiazole rings is 1. The highest BCUT2D eigenvalue weighted by Gasteiger charge is 2.56. The minimum Gasteiger partial charge on any atom is -0.325 e. The molecule has 214 valence electrons. The predicted molar refractivity (Wildman–Crippen MR) is 167 cm³/mol. The Morgan fingerprint density at radius 3 is 2.29 bits per heavy atom. The van der Waals surface area contributed by atoms with Gasteiger partial charge in [-0.15, -0.1) is 0 Å². The lowest BCUT2D eigenvalue weighted by atomic mass is 9.81. The van der Waals surface area contributed by atoms with Gasteiger partial charge in [-0.2, -0.15) is 0 Å². The van der Waals surface area contributed by atoms with Gasteiger partial charge in [-0.1, -0.05) is 98.5 Å². The molecular formula is C33H31N3O4S2. The van der Waals surface area contributed by atoms with E-state index >= 15 is 0 Å². The molecule has 4 aromatic rings. The summed E-state index contributed by atoms with van der Waals surface area (Å²) >= 11 is 2.28. The number of imide groups is 1. The maximum absolute atomic E-state index is 14.0. The molecule has 0 unspecified atom stereocenters. The van der Waals surface area contributed by atoms with Gasteiger partial charge in [0.15, 0.2) is 0 Å². The Morgan fingerprint density at radius 1 is 0.905 bits per heavy atom. The summed E-state index contributed by atoms with van der Waals surface area (Å²) in [6.45, 7) is 8.16. The average molecular weight is 598 g/mol. The quantitative estimate of drug-likeness (QED) is 0.287. The van der Waals surface area contributed by atoms with Gasteiger partial charge < -0.3 is 5.32 Å². The number of carbonyl (C=O) groups excluding carboxylic acids is 3. The van der Waals surface area contributed by atoms with E-state index < -0.39 is 17.1 Å². The number of hydrogen-bond donors (Lipinski definition) is 1. The molecule has 1 saturated heterocycles. The molecule has 2 aliphatic rings. The van der Waals surface area contributed by atoms with E-state index in [0.29, 0.717) is 21.3 Å². The van der Waals surface area contributed by atoms with E-state index in [0.717, 1.165) is 28.0 Å². The minimum absolute atomic E-state index is 0.0588. The number of nitrogens with one attached hydrogen (secondary N) is 1. The van der Waals surface area contributed by atoms with Crippen molar-refractivity contribution in [2.24, 2.45) is 5.92 Å². The maximum Gasteiger partial charge on any atom is 0.308 e. The molecule has 3 aromatic carbocycles. The third-order valence-electron chi connectivity index (χ3n) is 7.80. The normalized spacial score (nSPS) is 19.9. The van der Waals surface area contributed by atoms with Crippen molar-refractivity contribution in [3.8, 4) is 0 Å². The molecule has 3 atom stereocenters. The first-order valence-electron chi connectivity index (χ1n) is 13.8. The zero-order valence-corrected chi connectivity index (χ0v) is 25.4. The molecule has 0 radical (unpaired) electrons. The number of thioether (sulfide) groups is 1. The molecule has 1 fully saturated rings. The number of para-hydroxylation sites is 1. The largest absolute Gasteiger partial charge is 0.325 e. The summed E-state index contributed by atoms with van der Waals surface area (Å²) in [5, 5.41) is 2.73. The minimum atomic E-state index is -0.724. The number of benzene rings is 3. The van der Waals surface area contributed by atoms with Crippen LogP contribution in [-0.4, -0.2) is 27.5 Å². The highest BCUT2D eigenvalue weighted by atomic mass is 32.2. The molecular weight excluding hydrogens is 567 g/mol. The Morgan fingerprint density at radius 2 is 1.62 bits per heavy atom. The van der Waals surface area contributed by atoms with Crippen LogP contribution in [0.5, 0.6) is 0 Å². The molecule has 42 heavy (non-hydrogen) atoms. The summed E-state index contributed by atoms with van der Waals surface area (Å²) in [7, 11) is 0. The van der Waals surface area contributed by atoms with Crippen LogP contribution in [0, 0.1) is 12.8 Å². The summed E-state index contributed by atoms with van der Waals surface area (Å²) in [6, 6.07) is 24.5. The number of aryl methyl sites for hydroxylation is 1. The fraction of sp³-hybridized carbons (Fsp3) is 0.273. The van der Waals surface area contributed by atoms with Gasteiger partial charge in [0.2, 0.25) is 17.7 Å². The Labute approximate surface area is 252 Å². The third kappa shape index (κ3) is 5.01. The van der Waals surface area contributed by atoms with Crippen molar-refractivity contribution in [1.29, 1.82) is 0 Å². The zero-order valence-electron chi connectivity index (χ0n) is 23.8. The molecule has 1 N–H and O–H groups in total. The van der Waals surface area contributed by atoms with Crippen molar-refractivity contribution < 1.29 is 14.4 Å². The van der Waals surface area contributed by atoms with Gasteiger partial charge in [-0.25, -0.2) is 4.90 Å². The van der Waals surface area contributed by atoms with Crippen LogP contribution < -0.4 is 15.1 Å². The van der Waals surface area contributed by atoms with E-state index in [1.807, 2.05) is 43.3 Å². The Hall–Kier alpha value is -3.95. The molecule has 1 aromatic heterocycles. The van der Waals surface area contributed by atoms with E-state index in [4.69, 9.17) is 0 Å². The van der Waals surface area contributed by atoms with Crippen molar-refractivity contribution >= 4 is 52.2 Å². The number of anilines is 2. The molecule has 0 bridgehead atoms. The number of rotatable bonds is 5. The first kappa shape index (κ1) is 28.2. The van der Waals surface area contributed by atoms with Crippen LogP contribution in [0.4, 0.5) is 11.4 Å². The van der Waals surface area contributed by atoms with E-state index in [1.54, 1.807) is 30.3 Å². The first-order chi connectivity index (χ1) is 20.0. The topological polar surface area (TPSA) is 88.5 Å². The second-order valence-corrected chi connectivity index (χ2v) is 13.9. The van der Waals surface area contributed by atoms with E-state index in [2.05, 4.69) is 38.2 Å². The zero-order chi connectivity index (χ0) is 29.8. The van der Waals surface area contributed by atoms with Crippen molar-refractivity contribution in [3.63, 3.8) is 0 Å². The number of hydrogen-bond acceptors (Lipinski definition) is 6. The number of fused-ring (bicyclic) bond motifs is 2. The van der Waals surface area contributed by atoms with E-state index in [9.17, 15) is 19.2 Å². The monoisotopic (exact) mass is 597 g/mol. The number of nitrogens with zero attached hydrogens (tertiary/aromatic N) is 2. The average Bonchev–Trinajstić information content (AvgIpc) is 3.39. The van der Waals surface area contributed by atoms with Crippen molar-refractivity contribution in [3.05, 3.63) is 110 Å². The molecule has 0 aliphatic carbocycles. The van der Waals surface area contributed by atoms with Gasteiger partial charge in [0.05, 0.1) is 16.6 Å². The summed E-state index contributed by atoms with van der Waals surface area (Å²) in [5.41, 5.74) is 4.14. The van der Waals surface area contributed by atoms with Gasteiger partial charge in [-0.3, -0.25) is 23.7 Å². The summed E-state index contributed by atoms with van der Waals surface area (Å²) in [6.07, 6.45) is 0. The molecule has 3 amide bonds. The van der Waals surface area contributed by atoms with Crippen LogP contribution in [0.2, 0.25) is 0 Å². The van der Waals surface area contributed by atoms with Crippen LogP contribution in [0.15, 0.2) is 88.7 Å². The summed E-state index contributed by atoms with van der Waals surface area (Å²) in [5.74, 6) is -2.09. The van der Waals surface area contributed by atoms with Gasteiger partial charge in [0.1, 0.15) is 11.8 Å². The smallest absolute Gasteiger partial charge is 0.308 e. The number of aromatic nitrogens is 1. The van der Waals surface area contributed by atoms with E-state index in [-0.39, 0.29) is 34.6 Å². The van der Waals surface area contributed by atoms with Crippen LogP contribution in [0.25, 0.3) is 0 Å². The molecule has 3 heterocycles. The Kier molecular flexibility index (Phi) is 7.19. The Balaban J connectivity index is 1.42. The standard InChI is InChI=1S/C33H31N3O4S2/c1-19-9-8-10-22(17-19)34-24(37)18-35-31-28(42-32(35)40)25(20-13-15-21(16-14-20)33(2,3)4)26-27(41-31)30(39)36(29(26)38)23-11-6-5-7-12-23/h5-17,25-27H,18H2,1-4H3,(H,34,37)/t25-,26-,27+/m0/s1. The van der Waals surface area contributed by atoms with Crippen LogP contribution >= 0.6 is 23.1 Å². The second kappa shape index (κ2) is 10.7. The molecule has 2 aliphatic heterocycles. The van der Waals surface area contributed by atoms with E-state index in [1.165, 1.54) is 21.2 Å². The van der Waals surface area contributed by atoms with Crippen LogP contribution in [-0.2, 0) is 26.3 Å². The summed E-state index contributed by atoms with van der Waals surface area (Å²) in [4.78, 5) is 56.1. The lowest BCUT2D eigenvalue weighted by molar-refractivity contribution is -0.122. The van der Waals surface area contributed by atoms with Gasteiger partial charge in [0.25, 0.3) is 0 Å². The Bertz CT molecular complexity index is 1750. The van der Waals surface area contributed by atoms with Crippen molar-refractivity contribution in [2.75, 3.05) is 10.2 Å². The second-order valence-electron chi connectivity index (χ2n) is 11.8. The first-order valence-corrected chi connectivity index (χ1v) is 15.5. The lowest BCUT2D eigenvalue weighted by Crippen LogP contribution is -2.33. The predicted octanol–water partition coefficient (Wildman–Crippen LogP) is 5.95. The highest BCUT2D eigenvalue weighted by molar-refractivity contribution is 8.00. The fourth-order valence-electron chi connectivity index (χ4n) is 5.70. The molecule has 6 rings (SSSR count). The summed E-state index contributed by atoms with van der Waals surface area (Å²) < 4.78 is 1.45. The SMILES string of the molecule is Cc1cccc(NC(=O)Cn2c3c(sc2=O)[C@@H](c2ccc(C(C)(C)C)cc2)[C@@H]2C(=O)N(c4ccccc4)C(=O)[C@@H]2S3)c1. The van der Waals surface area contributed by atoms with Gasteiger partial charge in [0, 0.05) is 16.5 Å². The molecule has 7 nitrogen and oxygen atoms in total. The van der Waals surface area contributed by atoms with Gasteiger partial charge in [-0.05, 0) is 53.3 Å². The number of amides is 3. The van der Waals surface area contributed by atoms with Crippen LogP contribution in [0.1, 0.15) is 48.3 Å².